The van der Waals surface area contributed by atoms with E-state index in [2.05, 4.69) is 6.58 Å². The molecule has 4 nitrogen and oxygen atoms in total. The van der Waals surface area contributed by atoms with Crippen LogP contribution in [0, 0.1) is 5.92 Å². The lowest BCUT2D eigenvalue weighted by molar-refractivity contribution is -0.118. The fourth-order valence-electron chi connectivity index (χ4n) is 1.78. The van der Waals surface area contributed by atoms with E-state index in [0.717, 1.165) is 0 Å². The quantitative estimate of drug-likeness (QED) is 0.675. The van der Waals surface area contributed by atoms with Crippen molar-refractivity contribution >= 4 is 15.6 Å². The van der Waals surface area contributed by atoms with E-state index >= 15 is 0 Å². The van der Waals surface area contributed by atoms with Gasteiger partial charge in [-0.3, -0.25) is 4.79 Å². The molecule has 0 saturated heterocycles. The van der Waals surface area contributed by atoms with Crippen LogP contribution < -0.4 is 5.73 Å². The first kappa shape index (κ1) is 10.8. The van der Waals surface area contributed by atoms with E-state index in [4.69, 9.17) is 5.73 Å². The van der Waals surface area contributed by atoms with E-state index in [-0.39, 0.29) is 17.0 Å². The van der Waals surface area contributed by atoms with Crippen LogP contribution in [0.1, 0.15) is 19.3 Å². The summed E-state index contributed by atoms with van der Waals surface area (Å²) in [6.07, 6.45) is 3.55. The van der Waals surface area contributed by atoms with E-state index in [1.807, 2.05) is 0 Å². The van der Waals surface area contributed by atoms with Crippen LogP contribution in [0.2, 0.25) is 0 Å². The van der Waals surface area contributed by atoms with Crippen molar-refractivity contribution < 1.29 is 13.2 Å². The van der Waals surface area contributed by atoms with Crippen molar-refractivity contribution in [3.8, 4) is 0 Å². The Morgan fingerprint density at radius 3 is 2.53 bits per heavy atom. The third-order valence-corrected chi connectivity index (χ3v) is 5.38. The maximum atomic E-state index is 11.7. The Morgan fingerprint density at radius 2 is 2.13 bits per heavy atom. The molecular weight excluding hydrogens is 214 g/mol. The molecule has 0 heterocycles. The second-order valence-corrected chi connectivity index (χ2v) is 6.80. The summed E-state index contributed by atoms with van der Waals surface area (Å²) in [5.74, 6) is -0.780. The minimum absolute atomic E-state index is 0.0422. The smallest absolute Gasteiger partial charge is 0.168 e. The lowest BCUT2D eigenvalue weighted by Crippen LogP contribution is -2.40. The topological polar surface area (TPSA) is 77.2 Å². The molecule has 2 N–H and O–H groups in total. The van der Waals surface area contributed by atoms with Gasteiger partial charge in [0.1, 0.15) is 5.75 Å². The average molecular weight is 229 g/mol. The van der Waals surface area contributed by atoms with E-state index in [1.165, 1.54) is 0 Å². The van der Waals surface area contributed by atoms with E-state index in [9.17, 15) is 13.2 Å². The third kappa shape index (κ3) is 1.86. The first-order valence-electron chi connectivity index (χ1n) is 5.06. The number of sulfone groups is 1. The van der Waals surface area contributed by atoms with Crippen molar-refractivity contribution in [3.05, 3.63) is 12.7 Å². The zero-order chi connectivity index (χ0) is 11.3. The molecule has 2 aliphatic rings. The van der Waals surface area contributed by atoms with Crippen LogP contribution in [0.25, 0.3) is 0 Å². The summed E-state index contributed by atoms with van der Waals surface area (Å²) in [6, 6.07) is 0. The van der Waals surface area contributed by atoms with Gasteiger partial charge in [0.2, 0.25) is 0 Å². The fraction of sp³-hybridized carbons (Fsp3) is 0.700. The fourth-order valence-corrected chi connectivity index (χ4v) is 3.51. The molecule has 0 radical (unpaired) electrons. The normalized spacial score (nSPS) is 34.9. The molecule has 5 heteroatoms. The van der Waals surface area contributed by atoms with Crippen molar-refractivity contribution in [1.29, 1.82) is 0 Å². The van der Waals surface area contributed by atoms with Gasteiger partial charge in [-0.25, -0.2) is 8.42 Å². The number of hydrogen-bond acceptors (Lipinski definition) is 4. The van der Waals surface area contributed by atoms with Gasteiger partial charge in [0, 0.05) is 5.92 Å². The Balaban J connectivity index is 2.02. The van der Waals surface area contributed by atoms with Crippen molar-refractivity contribution in [1.82, 2.24) is 0 Å². The van der Waals surface area contributed by atoms with Gasteiger partial charge in [-0.05, 0) is 19.3 Å². The first-order valence-corrected chi connectivity index (χ1v) is 6.78. The predicted molar refractivity (Wildman–Crippen MR) is 57.0 cm³/mol. The number of carbonyl (C=O) groups is 1. The van der Waals surface area contributed by atoms with Crippen molar-refractivity contribution in [2.75, 3.05) is 5.75 Å². The van der Waals surface area contributed by atoms with Crippen molar-refractivity contribution in [2.24, 2.45) is 11.7 Å². The van der Waals surface area contributed by atoms with Gasteiger partial charge in [-0.1, -0.05) is 6.08 Å². The highest BCUT2D eigenvalue weighted by Gasteiger charge is 2.56. The molecule has 0 aromatic carbocycles. The molecule has 2 saturated carbocycles. The van der Waals surface area contributed by atoms with Crippen LogP contribution in [-0.2, 0) is 14.6 Å². The number of nitrogens with two attached hydrogens (primary N) is 1. The standard InChI is InChI=1S/C10H15NO3S/c1-2-7-5-10(7,11)9(12)6-15(13,14)8-3-4-8/h2,7-8H,1,3-6,11H2. The Labute approximate surface area is 89.4 Å². The van der Waals surface area contributed by atoms with E-state index in [0.29, 0.717) is 19.3 Å². The highest BCUT2D eigenvalue weighted by molar-refractivity contribution is 7.93. The molecule has 15 heavy (non-hydrogen) atoms. The van der Waals surface area contributed by atoms with E-state index < -0.39 is 21.1 Å². The maximum absolute atomic E-state index is 11.7. The molecule has 2 aliphatic carbocycles. The summed E-state index contributed by atoms with van der Waals surface area (Å²) in [6.45, 7) is 3.56. The van der Waals surface area contributed by atoms with Gasteiger partial charge < -0.3 is 5.73 Å². The van der Waals surface area contributed by atoms with Crippen LogP contribution in [-0.4, -0.2) is 30.7 Å². The molecule has 0 aromatic heterocycles. The average Bonchev–Trinajstić information content (AvgIpc) is 2.97. The molecule has 0 spiro atoms. The molecule has 84 valence electrons. The monoisotopic (exact) mass is 229 g/mol. The third-order valence-electron chi connectivity index (χ3n) is 3.23. The predicted octanol–water partition coefficient (Wildman–Crippen LogP) is 0.0361. The highest BCUT2D eigenvalue weighted by Crippen LogP contribution is 2.43. The van der Waals surface area contributed by atoms with Gasteiger partial charge in [-0.15, -0.1) is 6.58 Å². The summed E-state index contributed by atoms with van der Waals surface area (Å²) in [7, 11) is -3.22. The summed E-state index contributed by atoms with van der Waals surface area (Å²) in [4.78, 5) is 11.7. The molecule has 0 aliphatic heterocycles. The zero-order valence-corrected chi connectivity index (χ0v) is 9.29. The second kappa shape index (κ2) is 3.15. The number of rotatable bonds is 5. The highest BCUT2D eigenvalue weighted by atomic mass is 32.2. The lowest BCUT2D eigenvalue weighted by Gasteiger charge is -2.08. The SMILES string of the molecule is C=CC1CC1(N)C(=O)CS(=O)(=O)C1CC1. The maximum Gasteiger partial charge on any atom is 0.168 e. The lowest BCUT2D eigenvalue weighted by atomic mass is 10.1. The number of ketones is 1. The van der Waals surface area contributed by atoms with Crippen LogP contribution in [0.3, 0.4) is 0 Å². The Kier molecular flexibility index (Phi) is 2.28. The van der Waals surface area contributed by atoms with Gasteiger partial charge in [0.15, 0.2) is 15.6 Å². The van der Waals surface area contributed by atoms with Gasteiger partial charge >= 0.3 is 0 Å². The molecule has 2 rings (SSSR count). The number of hydrogen-bond donors (Lipinski definition) is 1. The zero-order valence-electron chi connectivity index (χ0n) is 8.48. The minimum Gasteiger partial charge on any atom is -0.318 e. The number of carbonyl (C=O) groups excluding carboxylic acids is 1. The van der Waals surface area contributed by atoms with Gasteiger partial charge in [-0.2, -0.15) is 0 Å². The summed E-state index contributed by atoms with van der Waals surface area (Å²) < 4.78 is 23.1. The summed E-state index contributed by atoms with van der Waals surface area (Å²) >= 11 is 0. The van der Waals surface area contributed by atoms with Crippen molar-refractivity contribution in [2.45, 2.75) is 30.1 Å². The van der Waals surface area contributed by atoms with Gasteiger partial charge in [0.05, 0.1) is 10.8 Å². The molecule has 0 bridgehead atoms. The van der Waals surface area contributed by atoms with Crippen LogP contribution in [0.5, 0.6) is 0 Å². The number of Topliss-reactive ketones (excluding diaryl/α,β-unsaturated/α-hetero) is 1. The molecule has 2 atom stereocenters. The Hall–Kier alpha value is -0.680. The van der Waals surface area contributed by atoms with Crippen LogP contribution >= 0.6 is 0 Å². The van der Waals surface area contributed by atoms with Crippen LogP contribution in [0.4, 0.5) is 0 Å². The van der Waals surface area contributed by atoms with Crippen molar-refractivity contribution in [3.63, 3.8) is 0 Å². The largest absolute Gasteiger partial charge is 0.318 e. The molecular formula is C10H15NO3S. The summed E-state index contributed by atoms with van der Waals surface area (Å²) in [5, 5.41) is -0.286. The van der Waals surface area contributed by atoms with Crippen LogP contribution in [0.15, 0.2) is 12.7 Å². The Morgan fingerprint density at radius 1 is 1.53 bits per heavy atom. The first-order chi connectivity index (χ1) is 6.90. The van der Waals surface area contributed by atoms with Gasteiger partial charge in [0.25, 0.3) is 0 Å². The molecule has 2 fully saturated rings. The second-order valence-electron chi connectivity index (χ2n) is 4.52. The Bertz CT molecular complexity index is 410. The minimum atomic E-state index is -3.22. The van der Waals surface area contributed by atoms with E-state index in [1.54, 1.807) is 6.08 Å². The molecule has 0 aromatic rings. The molecule has 2 unspecified atom stereocenters. The molecule has 0 amide bonds. The summed E-state index contributed by atoms with van der Waals surface area (Å²) in [5.41, 5.74) is 4.85.